The predicted molar refractivity (Wildman–Crippen MR) is 160 cm³/mol. The summed E-state index contributed by atoms with van der Waals surface area (Å²) in [4.78, 5) is 30.3. The van der Waals surface area contributed by atoms with Crippen molar-refractivity contribution in [3.63, 3.8) is 0 Å². The average Bonchev–Trinajstić information content (AvgIpc) is 2.97. The molecule has 0 spiro atoms. The molecule has 0 atom stereocenters. The Bertz CT molecular complexity index is 1560. The summed E-state index contributed by atoms with van der Waals surface area (Å²) < 4.78 is 7.01. The summed E-state index contributed by atoms with van der Waals surface area (Å²) >= 11 is 0. The monoisotopic (exact) mass is 532 g/mol. The van der Waals surface area contributed by atoms with Gasteiger partial charge >= 0.3 is 0 Å². The van der Waals surface area contributed by atoms with Gasteiger partial charge in [-0.1, -0.05) is 68.8 Å². The minimum absolute atomic E-state index is 0.0523. The van der Waals surface area contributed by atoms with E-state index in [0.717, 1.165) is 58.9 Å². The topological polar surface area (TPSA) is 97.1 Å². The first-order valence-corrected chi connectivity index (χ1v) is 13.5. The fourth-order valence-corrected chi connectivity index (χ4v) is 4.76. The zero-order chi connectivity index (χ0) is 28.6. The van der Waals surface area contributed by atoms with Crippen LogP contribution < -0.4 is 15.6 Å². The van der Waals surface area contributed by atoms with Crippen molar-refractivity contribution in [1.82, 2.24) is 14.9 Å². The number of amidine groups is 1. The normalized spacial score (nSPS) is 10.8. The number of nitrogens with zero attached hydrogens (tertiary/aromatic N) is 2. The van der Waals surface area contributed by atoms with Gasteiger partial charge in [-0.2, -0.15) is 0 Å². The number of aryl methyl sites for hydroxylation is 2. The maximum absolute atomic E-state index is 14.0. The van der Waals surface area contributed by atoms with Gasteiger partial charge < -0.3 is 10.1 Å². The summed E-state index contributed by atoms with van der Waals surface area (Å²) in [7, 11) is 6.84. The maximum atomic E-state index is 14.0. The van der Waals surface area contributed by atoms with Gasteiger partial charge in [-0.15, -0.1) is 0 Å². The molecule has 202 valence electrons. The van der Waals surface area contributed by atoms with Gasteiger partial charge in [-0.05, 0) is 53.8 Å². The first kappa shape index (κ1) is 28.6. The van der Waals surface area contributed by atoms with E-state index in [1.165, 1.54) is 0 Å². The molecule has 0 aliphatic heterocycles. The Balaban J connectivity index is 1.73. The number of hydrogen-bond donors (Lipinski definition) is 2. The fourth-order valence-electron chi connectivity index (χ4n) is 4.76. The van der Waals surface area contributed by atoms with Crippen molar-refractivity contribution >= 4 is 19.5 Å². The van der Waals surface area contributed by atoms with Crippen molar-refractivity contribution in [2.45, 2.75) is 46.0 Å². The molecule has 0 aliphatic rings. The third-order valence-corrected chi connectivity index (χ3v) is 6.84. The lowest BCUT2D eigenvalue weighted by Crippen LogP contribution is -2.29. The van der Waals surface area contributed by atoms with E-state index in [-0.39, 0.29) is 11.4 Å². The molecule has 0 fully saturated rings. The smallest absolute Gasteiger partial charge is 0.261 e. The summed E-state index contributed by atoms with van der Waals surface area (Å²) in [6.45, 7) is 4.15. The molecule has 3 aromatic carbocycles. The first-order valence-electron chi connectivity index (χ1n) is 13.5. The van der Waals surface area contributed by atoms with Crippen LogP contribution in [0.4, 0.5) is 4.79 Å². The number of unbranched alkanes of at least 4 members (excludes halogenated alkanes) is 1. The van der Waals surface area contributed by atoms with Gasteiger partial charge in [-0.3, -0.25) is 19.6 Å². The van der Waals surface area contributed by atoms with E-state index in [0.29, 0.717) is 24.0 Å². The fraction of sp³-hybridized carbons (Fsp3) is 0.250. The van der Waals surface area contributed by atoms with E-state index in [1.54, 1.807) is 17.7 Å². The number of amides is 1. The number of ether oxygens (including phenoxy) is 1. The Morgan fingerprint density at radius 2 is 1.73 bits per heavy atom. The molecule has 0 aliphatic carbocycles. The molecule has 0 unspecified atom stereocenters. The largest absolute Gasteiger partial charge is 0.497 e. The summed E-state index contributed by atoms with van der Waals surface area (Å²) in [5.41, 5.74) is 5.49. The van der Waals surface area contributed by atoms with Crippen LogP contribution in [0.3, 0.4) is 0 Å². The molecule has 7 nitrogen and oxygen atoms in total. The van der Waals surface area contributed by atoms with E-state index in [4.69, 9.17) is 23.0 Å². The number of benzene rings is 3. The highest BCUT2D eigenvalue weighted by Crippen LogP contribution is 2.25. The number of nitrogens with one attached hydrogen (secondary N) is 2. The second-order valence-corrected chi connectivity index (χ2v) is 9.53. The van der Waals surface area contributed by atoms with Crippen LogP contribution in [0.1, 0.15) is 54.9 Å². The van der Waals surface area contributed by atoms with E-state index >= 15 is 0 Å². The van der Waals surface area contributed by atoms with Gasteiger partial charge in [0.05, 0.1) is 18.5 Å². The van der Waals surface area contributed by atoms with Crippen molar-refractivity contribution < 1.29 is 9.53 Å². The Morgan fingerprint density at radius 3 is 2.35 bits per heavy atom. The van der Waals surface area contributed by atoms with Crippen LogP contribution in [0.25, 0.3) is 16.8 Å². The highest BCUT2D eigenvalue weighted by atomic mass is 16.5. The van der Waals surface area contributed by atoms with Crippen LogP contribution in [0.15, 0.2) is 77.6 Å². The molecule has 8 heteroatoms. The Morgan fingerprint density at radius 1 is 1.02 bits per heavy atom. The summed E-state index contributed by atoms with van der Waals surface area (Å²) in [6, 6.07) is 22.7. The Labute approximate surface area is 236 Å². The maximum Gasteiger partial charge on any atom is 0.261 e. The van der Waals surface area contributed by atoms with Gasteiger partial charge in [0.15, 0.2) is 5.81 Å². The molecule has 0 saturated carbocycles. The second kappa shape index (κ2) is 13.1. The van der Waals surface area contributed by atoms with Gasteiger partial charge in [0.1, 0.15) is 17.4 Å². The van der Waals surface area contributed by atoms with Crippen molar-refractivity contribution in [3.8, 4) is 22.6 Å². The lowest BCUT2D eigenvalue weighted by atomic mass is 9.95. The molecule has 40 heavy (non-hydrogen) atoms. The van der Waals surface area contributed by atoms with Crippen LogP contribution in [-0.2, 0) is 19.3 Å². The molecule has 4 aromatic rings. The standard InChI is InChI=1S/C32H33BN4O3/c1-4-6-11-28-27(31(38)37(29(5-2)35-28)23-16-18-24(40-3)19-17-23)20-21-12-14-22(15-13-21)25-9-7-8-10-26(25)30(34)36-32(33)39/h7-10,12-19H,4-6,11,20H2,1-3H3,(H2,34,36,39). The van der Waals surface area contributed by atoms with Crippen molar-refractivity contribution in [1.29, 1.82) is 5.41 Å². The molecule has 2 radical (unpaired) electrons. The number of carbonyl (C=O) groups is 1. The molecule has 4 rings (SSSR count). The van der Waals surface area contributed by atoms with Crippen molar-refractivity contribution in [2.75, 3.05) is 7.11 Å². The molecule has 1 amide bonds. The molecule has 0 bridgehead atoms. The minimum Gasteiger partial charge on any atom is -0.497 e. The summed E-state index contributed by atoms with van der Waals surface area (Å²) in [5.74, 6) is 0.625. The van der Waals surface area contributed by atoms with Crippen LogP contribution in [0.5, 0.6) is 5.75 Å². The SMILES string of the molecule is [B]C(=O)NC(=N)c1ccccc1-c1ccc(Cc2c(CCCC)nc(CC)n(-c3ccc(OC)cc3)c2=O)cc1. The quantitative estimate of drug-likeness (QED) is 0.158. The van der Waals surface area contributed by atoms with Crippen LogP contribution in [0, 0.1) is 5.41 Å². The first-order chi connectivity index (χ1) is 19.4. The third kappa shape index (κ3) is 6.39. The molecule has 0 saturated heterocycles. The molecule has 2 N–H and O–H groups in total. The van der Waals surface area contributed by atoms with E-state index < -0.39 is 5.81 Å². The lowest BCUT2D eigenvalue weighted by molar-refractivity contribution is 0.263. The van der Waals surface area contributed by atoms with E-state index in [2.05, 4.69) is 12.2 Å². The number of rotatable bonds is 10. The summed E-state index contributed by atoms with van der Waals surface area (Å²) in [6.07, 6.45) is 3.80. The zero-order valence-corrected chi connectivity index (χ0v) is 23.2. The second-order valence-electron chi connectivity index (χ2n) is 9.53. The van der Waals surface area contributed by atoms with Crippen molar-refractivity contribution in [3.05, 3.63) is 111 Å². The van der Waals surface area contributed by atoms with Crippen LogP contribution >= 0.6 is 0 Å². The number of methoxy groups -OCH3 is 1. The Hall–Kier alpha value is -4.46. The number of hydrogen-bond acceptors (Lipinski definition) is 5. The summed E-state index contributed by atoms with van der Waals surface area (Å²) in [5, 5.41) is 10.6. The van der Waals surface area contributed by atoms with Crippen LogP contribution in [-0.4, -0.2) is 36.1 Å². The lowest BCUT2D eigenvalue weighted by Gasteiger charge is -2.17. The zero-order valence-electron chi connectivity index (χ0n) is 23.2. The number of carbonyl (C=O) groups excluding carboxylic acids is 1. The van der Waals surface area contributed by atoms with Gasteiger partial charge in [-0.25, -0.2) is 4.98 Å². The van der Waals surface area contributed by atoms with Crippen molar-refractivity contribution in [2.24, 2.45) is 0 Å². The molecule has 1 aromatic heterocycles. The predicted octanol–water partition coefficient (Wildman–Crippen LogP) is 5.61. The minimum atomic E-state index is -0.781. The molecular formula is C32H33BN4O3. The molecule has 1 heterocycles. The highest BCUT2D eigenvalue weighted by Gasteiger charge is 2.18. The highest BCUT2D eigenvalue weighted by molar-refractivity contribution is 6.58. The average molecular weight is 532 g/mol. The van der Waals surface area contributed by atoms with Gasteiger partial charge in [0.2, 0.25) is 7.85 Å². The Kier molecular flexibility index (Phi) is 9.33. The van der Waals surface area contributed by atoms with E-state index in [1.807, 2.05) is 73.7 Å². The third-order valence-electron chi connectivity index (χ3n) is 6.84. The molecular weight excluding hydrogens is 499 g/mol. The van der Waals surface area contributed by atoms with E-state index in [9.17, 15) is 9.59 Å². The number of aromatic nitrogens is 2. The van der Waals surface area contributed by atoms with Crippen LogP contribution in [0.2, 0.25) is 0 Å². The van der Waals surface area contributed by atoms with Gasteiger partial charge in [0.25, 0.3) is 5.56 Å². The van der Waals surface area contributed by atoms with Gasteiger partial charge in [0, 0.05) is 24.0 Å².